The summed E-state index contributed by atoms with van der Waals surface area (Å²) in [7, 11) is -3.52. The van der Waals surface area contributed by atoms with Crippen LogP contribution in [0, 0.1) is 5.41 Å². The van der Waals surface area contributed by atoms with Gasteiger partial charge in [0.2, 0.25) is 19.4 Å². The van der Waals surface area contributed by atoms with Gasteiger partial charge in [-0.3, -0.25) is 10.2 Å². The molecule has 0 fully saturated rings. The van der Waals surface area contributed by atoms with Crippen LogP contribution < -0.4 is 0 Å². The van der Waals surface area contributed by atoms with Crippen LogP contribution in [0.15, 0.2) is 39.9 Å². The van der Waals surface area contributed by atoms with Crippen molar-refractivity contribution in [3.63, 3.8) is 0 Å². The normalized spacial score (nSPS) is 19.1. The Morgan fingerprint density at radius 3 is 2.52 bits per heavy atom. The monoisotopic (exact) mass is 376 g/mol. The number of hydrazone groups is 1. The summed E-state index contributed by atoms with van der Waals surface area (Å²) in [5, 5.41) is 13.4. The largest absolute Gasteiger partial charge is 0.283 e. The van der Waals surface area contributed by atoms with Crippen LogP contribution in [0.5, 0.6) is 0 Å². The Morgan fingerprint density at radius 2 is 1.92 bits per heavy atom. The zero-order chi connectivity index (χ0) is 18.2. The summed E-state index contributed by atoms with van der Waals surface area (Å²) >= 11 is 0.796. The van der Waals surface area contributed by atoms with Crippen molar-refractivity contribution in [2.24, 2.45) is 10.1 Å². The summed E-state index contributed by atoms with van der Waals surface area (Å²) in [6.45, 7) is 3.56. The standard InChI is InChI=1S/C16H16N4O3S2/c1-3-10-5-7-11(8-6-10)9-12-13(17)20-15(18-14(12)21)24-16(19-20)25(22,23)4-2/h5-9,17H,3-4H2,1-2H3/b12-9+,17-13?. The second kappa shape index (κ2) is 6.57. The lowest BCUT2D eigenvalue weighted by atomic mass is 10.1. The number of thioether (sulfide) groups is 1. The fourth-order valence-electron chi connectivity index (χ4n) is 2.24. The molecular formula is C16H16N4O3S2. The number of hydrogen-bond acceptors (Lipinski definition) is 6. The van der Waals surface area contributed by atoms with Crippen LogP contribution in [0.4, 0.5) is 0 Å². The molecule has 1 N–H and O–H groups in total. The van der Waals surface area contributed by atoms with Crippen molar-refractivity contribution in [2.45, 2.75) is 20.3 Å². The number of nitrogens with one attached hydrogen (secondary N) is 1. The molecule has 0 saturated carbocycles. The summed E-state index contributed by atoms with van der Waals surface area (Å²) in [6, 6.07) is 7.63. The first-order chi connectivity index (χ1) is 11.9. The number of rotatable bonds is 3. The highest BCUT2D eigenvalue weighted by Crippen LogP contribution is 2.30. The van der Waals surface area contributed by atoms with Crippen LogP contribution in [0.1, 0.15) is 25.0 Å². The molecule has 1 aromatic rings. The molecule has 3 rings (SSSR count). The van der Waals surface area contributed by atoms with E-state index in [1.54, 1.807) is 6.08 Å². The molecule has 0 spiro atoms. The van der Waals surface area contributed by atoms with Gasteiger partial charge in [-0.2, -0.15) is 10.0 Å². The molecule has 1 amide bonds. The number of carbonyl (C=O) groups is 1. The minimum Gasteiger partial charge on any atom is -0.282 e. The van der Waals surface area contributed by atoms with Gasteiger partial charge in [-0.05, 0) is 35.4 Å². The first kappa shape index (κ1) is 17.6. The number of sulfone groups is 1. The van der Waals surface area contributed by atoms with Crippen LogP contribution in [-0.2, 0) is 21.1 Å². The van der Waals surface area contributed by atoms with Gasteiger partial charge in [-0.1, -0.05) is 38.1 Å². The molecule has 2 aliphatic rings. The number of amidine groups is 2. The average molecular weight is 376 g/mol. The SMILES string of the molecule is CCc1ccc(/C=C2\C(=N)N3N=C(S(=O)(=O)CC)SC3=NC2=O)cc1. The van der Waals surface area contributed by atoms with Gasteiger partial charge in [-0.15, -0.1) is 5.10 Å². The third-order valence-corrected chi connectivity index (χ3v) is 6.87. The maximum Gasteiger partial charge on any atom is 0.283 e. The molecule has 2 aliphatic heterocycles. The Hall–Kier alpha value is -2.26. The lowest BCUT2D eigenvalue weighted by molar-refractivity contribution is -0.114. The van der Waals surface area contributed by atoms with E-state index in [1.165, 1.54) is 12.5 Å². The van der Waals surface area contributed by atoms with Gasteiger partial charge >= 0.3 is 0 Å². The molecule has 25 heavy (non-hydrogen) atoms. The zero-order valence-corrected chi connectivity index (χ0v) is 15.3. The molecular weight excluding hydrogens is 360 g/mol. The number of hydrogen-bond donors (Lipinski definition) is 1. The topological polar surface area (TPSA) is 103 Å². The minimum absolute atomic E-state index is 0.0764. The average Bonchev–Trinajstić information content (AvgIpc) is 3.04. The Morgan fingerprint density at radius 1 is 1.24 bits per heavy atom. The molecule has 0 radical (unpaired) electrons. The molecule has 0 bridgehead atoms. The predicted octanol–water partition coefficient (Wildman–Crippen LogP) is 2.26. The van der Waals surface area contributed by atoms with Gasteiger partial charge in [0, 0.05) is 0 Å². The van der Waals surface area contributed by atoms with Crippen LogP contribution in [-0.4, -0.2) is 40.5 Å². The van der Waals surface area contributed by atoms with Gasteiger partial charge in [0.15, 0.2) is 5.84 Å². The van der Waals surface area contributed by atoms with Crippen molar-refractivity contribution < 1.29 is 13.2 Å². The smallest absolute Gasteiger partial charge is 0.282 e. The maximum atomic E-state index is 12.3. The van der Waals surface area contributed by atoms with Crippen molar-refractivity contribution in [1.29, 1.82) is 5.41 Å². The van der Waals surface area contributed by atoms with E-state index < -0.39 is 15.7 Å². The van der Waals surface area contributed by atoms with E-state index in [2.05, 4.69) is 17.0 Å². The molecule has 2 heterocycles. The van der Waals surface area contributed by atoms with Gasteiger partial charge in [0.1, 0.15) is 0 Å². The second-order valence-corrected chi connectivity index (χ2v) is 8.79. The van der Waals surface area contributed by atoms with E-state index in [0.29, 0.717) is 0 Å². The van der Waals surface area contributed by atoms with Crippen molar-refractivity contribution in [3.05, 3.63) is 41.0 Å². The molecule has 9 heteroatoms. The molecule has 1 aromatic carbocycles. The summed E-state index contributed by atoms with van der Waals surface area (Å²) < 4.78 is 23.8. The van der Waals surface area contributed by atoms with Gasteiger partial charge in [0.05, 0.1) is 11.3 Å². The van der Waals surface area contributed by atoms with Crippen molar-refractivity contribution in [1.82, 2.24) is 5.01 Å². The molecule has 0 unspecified atom stereocenters. The van der Waals surface area contributed by atoms with Gasteiger partial charge in [0.25, 0.3) is 5.91 Å². The lowest BCUT2D eigenvalue weighted by Crippen LogP contribution is -2.35. The predicted molar refractivity (Wildman–Crippen MR) is 100 cm³/mol. The number of fused-ring (bicyclic) bond motifs is 1. The number of aryl methyl sites for hydroxylation is 1. The van der Waals surface area contributed by atoms with E-state index in [9.17, 15) is 13.2 Å². The first-order valence-corrected chi connectivity index (χ1v) is 10.1. The number of nitrogens with zero attached hydrogens (tertiary/aromatic N) is 3. The van der Waals surface area contributed by atoms with Crippen molar-refractivity contribution in [3.8, 4) is 0 Å². The van der Waals surface area contributed by atoms with Crippen LogP contribution >= 0.6 is 11.8 Å². The summed E-state index contributed by atoms with van der Waals surface area (Å²) in [4.78, 5) is 16.1. The Bertz CT molecular complexity index is 944. The number of benzene rings is 1. The molecule has 130 valence electrons. The van der Waals surface area contributed by atoms with Crippen LogP contribution in [0.2, 0.25) is 0 Å². The van der Waals surface area contributed by atoms with E-state index in [0.717, 1.165) is 28.8 Å². The number of aliphatic imine (C=N–C) groups is 1. The van der Waals surface area contributed by atoms with Crippen LogP contribution in [0.3, 0.4) is 0 Å². The molecule has 0 aromatic heterocycles. The lowest BCUT2D eigenvalue weighted by Gasteiger charge is -2.20. The van der Waals surface area contributed by atoms with Gasteiger partial charge < -0.3 is 0 Å². The van der Waals surface area contributed by atoms with Crippen molar-refractivity contribution >= 4 is 49.0 Å². The minimum atomic E-state index is -3.52. The third kappa shape index (κ3) is 3.29. The second-order valence-electron chi connectivity index (χ2n) is 5.38. The fourth-order valence-corrected chi connectivity index (χ4v) is 4.40. The first-order valence-electron chi connectivity index (χ1n) is 7.67. The summed E-state index contributed by atoms with van der Waals surface area (Å²) in [5.41, 5.74) is 2.01. The Kier molecular flexibility index (Phi) is 4.61. The fraction of sp³-hybridized carbons (Fsp3) is 0.250. The zero-order valence-electron chi connectivity index (χ0n) is 13.7. The Balaban J connectivity index is 1.96. The molecule has 0 aliphatic carbocycles. The van der Waals surface area contributed by atoms with E-state index in [-0.39, 0.29) is 26.7 Å². The molecule has 7 nitrogen and oxygen atoms in total. The highest BCUT2D eigenvalue weighted by molar-refractivity contribution is 8.42. The third-order valence-electron chi connectivity index (χ3n) is 3.78. The number of amides is 1. The summed E-state index contributed by atoms with van der Waals surface area (Å²) in [6.07, 6.45) is 2.48. The quantitative estimate of drug-likeness (QED) is 0.815. The van der Waals surface area contributed by atoms with E-state index >= 15 is 0 Å². The van der Waals surface area contributed by atoms with E-state index in [4.69, 9.17) is 5.41 Å². The highest BCUT2D eigenvalue weighted by atomic mass is 32.3. The summed E-state index contributed by atoms with van der Waals surface area (Å²) in [5.74, 6) is -0.856. The Labute approximate surface area is 149 Å². The van der Waals surface area contributed by atoms with Gasteiger partial charge in [-0.25, -0.2) is 8.42 Å². The van der Waals surface area contributed by atoms with E-state index in [1.807, 2.05) is 24.3 Å². The molecule has 0 saturated heterocycles. The number of carbonyl (C=O) groups excluding carboxylic acids is 1. The highest BCUT2D eigenvalue weighted by Gasteiger charge is 2.39. The van der Waals surface area contributed by atoms with Crippen LogP contribution in [0.25, 0.3) is 6.08 Å². The van der Waals surface area contributed by atoms with Crippen molar-refractivity contribution in [2.75, 3.05) is 5.75 Å². The maximum absolute atomic E-state index is 12.3. The molecule has 0 atom stereocenters.